The number of hydrogen-bond donors (Lipinski definition) is 3. The van der Waals surface area contributed by atoms with Gasteiger partial charge in [0.1, 0.15) is 11.4 Å². The van der Waals surface area contributed by atoms with Gasteiger partial charge in [-0.25, -0.2) is 4.98 Å². The van der Waals surface area contributed by atoms with Crippen LogP contribution in [0.4, 0.5) is 5.69 Å². The van der Waals surface area contributed by atoms with Crippen LogP contribution in [0, 0.1) is 0 Å². The van der Waals surface area contributed by atoms with Crippen LogP contribution >= 0.6 is 0 Å². The van der Waals surface area contributed by atoms with Gasteiger partial charge in [-0.15, -0.1) is 0 Å². The number of carbonyl (C=O) groups is 1. The molecule has 3 aliphatic rings. The van der Waals surface area contributed by atoms with E-state index in [-0.39, 0.29) is 24.6 Å². The number of anilines is 1. The van der Waals surface area contributed by atoms with E-state index >= 15 is 0 Å². The summed E-state index contributed by atoms with van der Waals surface area (Å²) in [5, 5.41) is 18.5. The molecule has 2 aliphatic heterocycles. The monoisotopic (exact) mass is 602 g/mol. The van der Waals surface area contributed by atoms with E-state index < -0.39 is 5.60 Å². The van der Waals surface area contributed by atoms with E-state index in [4.69, 9.17) is 14.5 Å². The quantitative estimate of drug-likeness (QED) is 0.325. The molecular formula is C34H46N6O4. The minimum Gasteiger partial charge on any atom is -0.494 e. The predicted molar refractivity (Wildman–Crippen MR) is 171 cm³/mol. The molecule has 3 N–H and O–H groups in total. The third kappa shape index (κ3) is 6.63. The average molecular weight is 603 g/mol. The lowest BCUT2D eigenvalue weighted by Crippen LogP contribution is -2.54. The van der Waals surface area contributed by atoms with Gasteiger partial charge in [0.15, 0.2) is 5.69 Å². The number of benzene rings is 2. The Balaban J connectivity index is 1.19. The Labute approximate surface area is 260 Å². The summed E-state index contributed by atoms with van der Waals surface area (Å²) in [4.78, 5) is 23.4. The lowest BCUT2D eigenvalue weighted by Gasteiger charge is -2.41. The van der Waals surface area contributed by atoms with Crippen molar-refractivity contribution in [1.29, 1.82) is 0 Å². The van der Waals surface area contributed by atoms with Crippen LogP contribution in [0.2, 0.25) is 0 Å². The SMILES string of the molecule is COC[C@]1(O)CCCC[C@H]1n1cnc(C(=O)N2CCNC[C@H]2CCOc2ccc(N3CCNCC3)cc2)c1-c1ccccc1. The number of ether oxygens (including phenoxy) is 2. The van der Waals surface area contributed by atoms with Crippen molar-refractivity contribution in [3.8, 4) is 17.0 Å². The molecule has 0 bridgehead atoms. The van der Waals surface area contributed by atoms with E-state index in [1.807, 2.05) is 51.9 Å². The molecule has 1 saturated carbocycles. The first-order chi connectivity index (χ1) is 21.6. The third-order valence-corrected chi connectivity index (χ3v) is 9.38. The molecule has 3 atom stereocenters. The van der Waals surface area contributed by atoms with Crippen molar-refractivity contribution < 1.29 is 19.4 Å². The second-order valence-electron chi connectivity index (χ2n) is 12.2. The van der Waals surface area contributed by atoms with Crippen molar-refractivity contribution in [2.45, 2.75) is 49.8 Å². The maximum absolute atomic E-state index is 14.3. The lowest BCUT2D eigenvalue weighted by atomic mass is 9.80. The molecular weight excluding hydrogens is 556 g/mol. The minimum atomic E-state index is -1.02. The van der Waals surface area contributed by atoms with Crippen molar-refractivity contribution in [2.24, 2.45) is 0 Å². The largest absolute Gasteiger partial charge is 0.494 e. The van der Waals surface area contributed by atoms with Gasteiger partial charge in [-0.05, 0) is 37.1 Å². The molecule has 10 nitrogen and oxygen atoms in total. The van der Waals surface area contributed by atoms with Crippen LogP contribution in [-0.2, 0) is 4.74 Å². The van der Waals surface area contributed by atoms with Crippen LogP contribution in [-0.4, -0.2) is 103 Å². The Kier molecular flexibility index (Phi) is 9.81. The summed E-state index contributed by atoms with van der Waals surface area (Å²) >= 11 is 0. The standard InChI is InChI=1S/C34H46N6O4/c1-43-24-34(42)15-6-5-9-30(34)40-25-37-31(32(40)26-7-3-2-4-8-26)33(41)39-21-18-36-23-28(39)14-22-44-29-12-10-27(11-13-29)38-19-16-35-17-20-38/h2-4,7-8,10-13,25,28,30,35-36,42H,5-6,9,14-24H2,1H3/t28-,30-,34-/m1/s1. The lowest BCUT2D eigenvalue weighted by molar-refractivity contribution is -0.0893. The van der Waals surface area contributed by atoms with E-state index in [0.29, 0.717) is 38.2 Å². The highest BCUT2D eigenvalue weighted by Crippen LogP contribution is 2.41. The summed E-state index contributed by atoms with van der Waals surface area (Å²) in [7, 11) is 1.63. The zero-order chi connectivity index (χ0) is 30.4. The number of amides is 1. The molecule has 44 heavy (non-hydrogen) atoms. The molecule has 1 aliphatic carbocycles. The molecule has 3 fully saturated rings. The second-order valence-corrected chi connectivity index (χ2v) is 12.2. The van der Waals surface area contributed by atoms with Crippen LogP contribution in [0.5, 0.6) is 5.75 Å². The molecule has 10 heteroatoms. The number of imidazole rings is 1. The highest BCUT2D eigenvalue weighted by molar-refractivity contribution is 5.98. The predicted octanol–water partition coefficient (Wildman–Crippen LogP) is 3.34. The van der Waals surface area contributed by atoms with Crippen LogP contribution in [0.25, 0.3) is 11.3 Å². The maximum atomic E-state index is 14.3. The Bertz CT molecular complexity index is 1360. The van der Waals surface area contributed by atoms with Gasteiger partial charge in [-0.3, -0.25) is 4.79 Å². The molecule has 0 unspecified atom stereocenters. The molecule has 0 spiro atoms. The summed E-state index contributed by atoms with van der Waals surface area (Å²) < 4.78 is 13.7. The highest BCUT2D eigenvalue weighted by Gasteiger charge is 2.42. The fourth-order valence-electron chi connectivity index (χ4n) is 7.07. The first-order valence-electron chi connectivity index (χ1n) is 16.1. The molecule has 3 heterocycles. The number of hydrogen-bond acceptors (Lipinski definition) is 8. The Hall–Kier alpha value is -3.44. The van der Waals surface area contributed by atoms with Crippen LogP contribution in [0.1, 0.15) is 48.6 Å². The summed E-state index contributed by atoms with van der Waals surface area (Å²) in [6.07, 6.45) is 5.85. The van der Waals surface area contributed by atoms with Gasteiger partial charge in [0.25, 0.3) is 5.91 Å². The number of aromatic nitrogens is 2. The number of piperazine rings is 2. The van der Waals surface area contributed by atoms with Gasteiger partial charge in [0.2, 0.25) is 0 Å². The smallest absolute Gasteiger partial charge is 0.275 e. The first-order valence-corrected chi connectivity index (χ1v) is 16.1. The van der Waals surface area contributed by atoms with Gasteiger partial charge >= 0.3 is 0 Å². The number of carbonyl (C=O) groups excluding carboxylic acids is 1. The van der Waals surface area contributed by atoms with E-state index in [1.54, 1.807) is 13.4 Å². The van der Waals surface area contributed by atoms with Crippen molar-refractivity contribution in [3.63, 3.8) is 0 Å². The Morgan fingerprint density at radius 1 is 1.02 bits per heavy atom. The van der Waals surface area contributed by atoms with Crippen molar-refractivity contribution in [2.75, 3.05) is 71.0 Å². The van der Waals surface area contributed by atoms with Crippen molar-refractivity contribution in [3.05, 3.63) is 66.6 Å². The fourth-order valence-corrected chi connectivity index (χ4v) is 7.07. The van der Waals surface area contributed by atoms with Crippen LogP contribution in [0.3, 0.4) is 0 Å². The molecule has 6 rings (SSSR count). The zero-order valence-electron chi connectivity index (χ0n) is 25.8. The molecule has 236 valence electrons. The summed E-state index contributed by atoms with van der Waals surface area (Å²) in [6.45, 7) is 6.82. The van der Waals surface area contributed by atoms with Crippen LogP contribution in [0.15, 0.2) is 60.9 Å². The maximum Gasteiger partial charge on any atom is 0.275 e. The minimum absolute atomic E-state index is 0.0229. The topological polar surface area (TPSA) is 104 Å². The van der Waals surface area contributed by atoms with Gasteiger partial charge in [-0.2, -0.15) is 0 Å². The summed E-state index contributed by atoms with van der Waals surface area (Å²) in [5.41, 5.74) is 2.30. The first kappa shape index (κ1) is 30.6. The van der Waals surface area contributed by atoms with Gasteiger partial charge in [0.05, 0.1) is 31.3 Å². The highest BCUT2D eigenvalue weighted by atomic mass is 16.5. The van der Waals surface area contributed by atoms with E-state index in [2.05, 4.69) is 27.7 Å². The normalized spacial score (nSPS) is 24.3. The van der Waals surface area contributed by atoms with E-state index in [0.717, 1.165) is 69.0 Å². The number of methoxy groups -OCH3 is 1. The van der Waals surface area contributed by atoms with E-state index in [9.17, 15) is 9.90 Å². The van der Waals surface area contributed by atoms with Crippen molar-refractivity contribution in [1.82, 2.24) is 25.1 Å². The number of rotatable bonds is 10. The fraction of sp³-hybridized carbons (Fsp3) is 0.529. The van der Waals surface area contributed by atoms with Gasteiger partial charge in [-0.1, -0.05) is 43.2 Å². The molecule has 1 amide bonds. The molecule has 2 saturated heterocycles. The van der Waals surface area contributed by atoms with Gasteiger partial charge in [0, 0.05) is 76.6 Å². The summed E-state index contributed by atoms with van der Waals surface area (Å²) in [5.74, 6) is 0.757. The molecule has 2 aromatic carbocycles. The number of nitrogens with one attached hydrogen (secondary N) is 2. The van der Waals surface area contributed by atoms with Crippen molar-refractivity contribution >= 4 is 11.6 Å². The Morgan fingerprint density at radius 3 is 2.57 bits per heavy atom. The zero-order valence-corrected chi connectivity index (χ0v) is 25.8. The third-order valence-electron chi connectivity index (χ3n) is 9.38. The number of nitrogens with zero attached hydrogens (tertiary/aromatic N) is 4. The van der Waals surface area contributed by atoms with E-state index in [1.165, 1.54) is 5.69 Å². The second kappa shape index (κ2) is 14.1. The summed E-state index contributed by atoms with van der Waals surface area (Å²) in [6, 6.07) is 18.0. The van der Waals surface area contributed by atoms with Crippen LogP contribution < -0.4 is 20.3 Å². The number of aliphatic hydroxyl groups is 1. The molecule has 1 aromatic heterocycles. The molecule has 3 aromatic rings. The average Bonchev–Trinajstić information content (AvgIpc) is 3.51. The van der Waals surface area contributed by atoms with Gasteiger partial charge < -0.3 is 39.6 Å². The Morgan fingerprint density at radius 2 is 1.80 bits per heavy atom. The molecule has 0 radical (unpaired) electrons.